The first kappa shape index (κ1) is 19.3. The Morgan fingerprint density at radius 3 is 2.23 bits per heavy atom. The summed E-state index contributed by atoms with van der Waals surface area (Å²) in [5, 5.41) is 2.77. The lowest BCUT2D eigenvalue weighted by Crippen LogP contribution is -2.20. The fourth-order valence-electron chi connectivity index (χ4n) is 3.25. The normalized spacial score (nSPS) is 12.5. The van der Waals surface area contributed by atoms with E-state index in [4.69, 9.17) is 4.74 Å². The van der Waals surface area contributed by atoms with Gasteiger partial charge in [0.2, 0.25) is 0 Å². The molecule has 0 fully saturated rings. The van der Waals surface area contributed by atoms with Crippen molar-refractivity contribution in [2.24, 2.45) is 0 Å². The van der Waals surface area contributed by atoms with Crippen LogP contribution in [-0.2, 0) is 4.79 Å². The topological polar surface area (TPSA) is 72.5 Å². The molecule has 3 aromatic rings. The minimum Gasteiger partial charge on any atom is -0.484 e. The van der Waals surface area contributed by atoms with Crippen molar-refractivity contribution in [3.8, 4) is 5.75 Å². The van der Waals surface area contributed by atoms with Gasteiger partial charge in [0.1, 0.15) is 5.75 Å². The van der Waals surface area contributed by atoms with Gasteiger partial charge in [-0.05, 0) is 42.8 Å². The second-order valence-corrected chi connectivity index (χ2v) is 7.04. The first-order chi connectivity index (χ1) is 14.5. The summed E-state index contributed by atoms with van der Waals surface area (Å²) >= 11 is 0. The Hall–Kier alpha value is -3.99. The average Bonchev–Trinajstić information content (AvgIpc) is 2.99. The largest absolute Gasteiger partial charge is 0.484 e. The first-order valence-electron chi connectivity index (χ1n) is 9.51. The Kier molecular flexibility index (Phi) is 5.26. The Morgan fingerprint density at radius 1 is 0.900 bits per heavy atom. The van der Waals surface area contributed by atoms with Crippen LogP contribution in [0.25, 0.3) is 6.08 Å². The number of hydrogen-bond donors (Lipinski definition) is 1. The summed E-state index contributed by atoms with van der Waals surface area (Å²) in [7, 11) is 0. The van der Waals surface area contributed by atoms with E-state index < -0.39 is 0 Å². The number of anilines is 1. The molecule has 0 bridgehead atoms. The van der Waals surface area contributed by atoms with Gasteiger partial charge in [-0.2, -0.15) is 0 Å². The number of allylic oxidation sites excluding steroid dienone is 1. The van der Waals surface area contributed by atoms with E-state index in [-0.39, 0.29) is 29.7 Å². The minimum atomic E-state index is -0.279. The first-order valence-corrected chi connectivity index (χ1v) is 9.51. The van der Waals surface area contributed by atoms with Crippen molar-refractivity contribution >= 4 is 29.2 Å². The van der Waals surface area contributed by atoms with E-state index in [2.05, 4.69) is 5.32 Å². The summed E-state index contributed by atoms with van der Waals surface area (Å²) in [5.74, 6) is -0.364. The van der Waals surface area contributed by atoms with Crippen LogP contribution in [0.1, 0.15) is 31.8 Å². The molecule has 0 atom stereocenters. The van der Waals surface area contributed by atoms with Gasteiger partial charge < -0.3 is 10.1 Å². The number of aryl methyl sites for hydroxylation is 1. The van der Waals surface area contributed by atoms with Crippen molar-refractivity contribution in [3.63, 3.8) is 0 Å². The Balaban J connectivity index is 1.44. The summed E-state index contributed by atoms with van der Waals surface area (Å²) < 4.78 is 5.57. The molecule has 30 heavy (non-hydrogen) atoms. The molecule has 3 aromatic carbocycles. The van der Waals surface area contributed by atoms with Crippen LogP contribution in [0.15, 0.2) is 78.4 Å². The third kappa shape index (κ3) is 4.05. The number of carbonyl (C=O) groups is 3. The van der Waals surface area contributed by atoms with Crippen molar-refractivity contribution in [1.82, 2.24) is 0 Å². The quantitative estimate of drug-likeness (QED) is 0.509. The molecule has 5 heteroatoms. The number of nitrogens with one attached hydrogen (secondary N) is 1. The zero-order valence-electron chi connectivity index (χ0n) is 16.3. The third-order valence-corrected chi connectivity index (χ3v) is 4.78. The van der Waals surface area contributed by atoms with Crippen LogP contribution in [0, 0.1) is 6.92 Å². The SMILES string of the molecule is Cc1ccc(NC(=O)COc2cccc(C=C3C(=O)c4ccccc4C3=O)c2)cc1. The Labute approximate surface area is 174 Å². The van der Waals surface area contributed by atoms with E-state index in [0.29, 0.717) is 28.1 Å². The number of Topliss-reactive ketones (excluding diaryl/α,β-unsaturated/α-hetero) is 2. The molecule has 1 aliphatic rings. The molecule has 1 N–H and O–H groups in total. The van der Waals surface area contributed by atoms with Crippen molar-refractivity contribution < 1.29 is 19.1 Å². The van der Waals surface area contributed by atoms with E-state index in [9.17, 15) is 14.4 Å². The van der Waals surface area contributed by atoms with E-state index in [0.717, 1.165) is 5.56 Å². The summed E-state index contributed by atoms with van der Waals surface area (Å²) in [5.41, 5.74) is 3.44. The van der Waals surface area contributed by atoms with Gasteiger partial charge in [0.25, 0.3) is 5.91 Å². The second kappa shape index (κ2) is 8.17. The van der Waals surface area contributed by atoms with Crippen LogP contribution in [0.3, 0.4) is 0 Å². The smallest absolute Gasteiger partial charge is 0.262 e. The maximum absolute atomic E-state index is 12.5. The Morgan fingerprint density at radius 2 is 1.57 bits per heavy atom. The summed E-state index contributed by atoms with van der Waals surface area (Å²) in [6.07, 6.45) is 1.56. The number of hydrogen-bond acceptors (Lipinski definition) is 4. The number of fused-ring (bicyclic) bond motifs is 1. The van der Waals surface area contributed by atoms with Gasteiger partial charge in [0, 0.05) is 16.8 Å². The monoisotopic (exact) mass is 397 g/mol. The predicted molar refractivity (Wildman–Crippen MR) is 115 cm³/mol. The van der Waals surface area contributed by atoms with Gasteiger partial charge >= 0.3 is 0 Å². The molecular weight excluding hydrogens is 378 g/mol. The lowest BCUT2D eigenvalue weighted by molar-refractivity contribution is -0.118. The van der Waals surface area contributed by atoms with Crippen LogP contribution in [0.2, 0.25) is 0 Å². The maximum Gasteiger partial charge on any atom is 0.262 e. The number of amides is 1. The van der Waals surface area contributed by atoms with Gasteiger partial charge in [-0.3, -0.25) is 14.4 Å². The Bertz CT molecular complexity index is 1140. The molecular formula is C25H19NO4. The lowest BCUT2D eigenvalue weighted by Gasteiger charge is -2.08. The van der Waals surface area contributed by atoms with E-state index in [1.165, 1.54) is 0 Å². The third-order valence-electron chi connectivity index (χ3n) is 4.78. The van der Waals surface area contributed by atoms with Crippen LogP contribution in [-0.4, -0.2) is 24.1 Å². The van der Waals surface area contributed by atoms with Crippen LogP contribution >= 0.6 is 0 Å². The van der Waals surface area contributed by atoms with Crippen molar-refractivity contribution in [1.29, 1.82) is 0 Å². The molecule has 1 amide bonds. The van der Waals surface area contributed by atoms with Gasteiger partial charge in [0.05, 0.1) is 5.57 Å². The molecule has 4 rings (SSSR count). The number of carbonyl (C=O) groups excluding carboxylic acids is 3. The second-order valence-electron chi connectivity index (χ2n) is 7.04. The minimum absolute atomic E-state index is 0.130. The van der Waals surface area contributed by atoms with Crippen LogP contribution < -0.4 is 10.1 Å². The molecule has 1 aliphatic carbocycles. The molecule has 5 nitrogen and oxygen atoms in total. The van der Waals surface area contributed by atoms with Crippen molar-refractivity contribution in [2.75, 3.05) is 11.9 Å². The van der Waals surface area contributed by atoms with Gasteiger partial charge in [-0.25, -0.2) is 0 Å². The number of ether oxygens (including phenoxy) is 1. The summed E-state index contributed by atoms with van der Waals surface area (Å²) in [4.78, 5) is 37.2. The zero-order chi connectivity index (χ0) is 21.1. The highest BCUT2D eigenvalue weighted by molar-refractivity contribution is 6.41. The highest BCUT2D eigenvalue weighted by Crippen LogP contribution is 2.28. The van der Waals surface area contributed by atoms with Crippen molar-refractivity contribution in [2.45, 2.75) is 6.92 Å². The molecule has 0 spiro atoms. The number of rotatable bonds is 5. The van der Waals surface area contributed by atoms with Gasteiger partial charge in [-0.1, -0.05) is 54.1 Å². The molecule has 0 aliphatic heterocycles. The molecule has 0 saturated heterocycles. The average molecular weight is 397 g/mol. The van der Waals surface area contributed by atoms with Crippen LogP contribution in [0.5, 0.6) is 5.75 Å². The van der Waals surface area contributed by atoms with E-state index in [1.54, 1.807) is 54.6 Å². The zero-order valence-corrected chi connectivity index (χ0v) is 16.3. The van der Waals surface area contributed by atoms with Crippen molar-refractivity contribution in [3.05, 3.63) is 101 Å². The highest BCUT2D eigenvalue weighted by Gasteiger charge is 2.32. The fourth-order valence-corrected chi connectivity index (χ4v) is 3.25. The lowest BCUT2D eigenvalue weighted by atomic mass is 10.1. The highest BCUT2D eigenvalue weighted by atomic mass is 16.5. The summed E-state index contributed by atoms with van der Waals surface area (Å²) in [6.45, 7) is 1.82. The predicted octanol–water partition coefficient (Wildman–Crippen LogP) is 4.48. The van der Waals surface area contributed by atoms with E-state index in [1.807, 2.05) is 31.2 Å². The van der Waals surface area contributed by atoms with Gasteiger partial charge in [0.15, 0.2) is 18.2 Å². The fraction of sp³-hybridized carbons (Fsp3) is 0.0800. The van der Waals surface area contributed by atoms with Crippen LogP contribution in [0.4, 0.5) is 5.69 Å². The number of ketones is 2. The van der Waals surface area contributed by atoms with Gasteiger partial charge in [-0.15, -0.1) is 0 Å². The number of benzene rings is 3. The molecule has 0 radical (unpaired) electrons. The molecule has 0 saturated carbocycles. The van der Waals surface area contributed by atoms with E-state index >= 15 is 0 Å². The molecule has 0 aromatic heterocycles. The molecule has 0 unspecified atom stereocenters. The molecule has 148 valence electrons. The maximum atomic E-state index is 12.5. The summed E-state index contributed by atoms with van der Waals surface area (Å²) in [6, 6.07) is 21.2. The standard InChI is InChI=1S/C25H19NO4/c1-16-9-11-18(12-10-16)26-23(27)15-30-19-6-4-5-17(13-19)14-22-24(28)20-7-2-3-8-21(20)25(22)29/h2-14H,15H2,1H3,(H,26,27). The molecule has 0 heterocycles.